The van der Waals surface area contributed by atoms with Gasteiger partial charge in [0.05, 0.1) is 12.6 Å². The van der Waals surface area contributed by atoms with Crippen molar-refractivity contribution in [1.29, 1.82) is 0 Å². The van der Waals surface area contributed by atoms with Gasteiger partial charge < -0.3 is 10.4 Å². The van der Waals surface area contributed by atoms with Crippen LogP contribution in [0, 0.1) is 0 Å². The Balaban J connectivity index is 1.97. The molecule has 106 valence electrons. The summed E-state index contributed by atoms with van der Waals surface area (Å²) in [7, 11) is 0. The van der Waals surface area contributed by atoms with Crippen molar-refractivity contribution in [2.45, 2.75) is 25.8 Å². The second kappa shape index (κ2) is 6.81. The summed E-state index contributed by atoms with van der Waals surface area (Å²) in [5, 5.41) is 18.7. The van der Waals surface area contributed by atoms with Crippen LogP contribution in [0.2, 0.25) is 0 Å². The molecule has 0 saturated carbocycles. The van der Waals surface area contributed by atoms with E-state index in [2.05, 4.69) is 20.5 Å². The number of carbonyl (C=O) groups is 1. The summed E-state index contributed by atoms with van der Waals surface area (Å²) < 4.78 is 0. The van der Waals surface area contributed by atoms with Crippen molar-refractivity contribution in [2.24, 2.45) is 0 Å². The number of amides is 1. The van der Waals surface area contributed by atoms with Crippen LogP contribution in [-0.2, 0) is 12.8 Å². The zero-order valence-electron chi connectivity index (χ0n) is 11.3. The lowest BCUT2D eigenvalue weighted by Gasteiger charge is -2.15. The van der Waals surface area contributed by atoms with Crippen molar-refractivity contribution < 1.29 is 9.90 Å². The zero-order chi connectivity index (χ0) is 14.4. The highest BCUT2D eigenvalue weighted by Gasteiger charge is 2.17. The lowest BCUT2D eigenvalue weighted by molar-refractivity contribution is 0.0906. The zero-order valence-corrected chi connectivity index (χ0v) is 11.3. The summed E-state index contributed by atoms with van der Waals surface area (Å²) in [5.41, 5.74) is 1.05. The lowest BCUT2D eigenvalue weighted by atomic mass is 10.1. The monoisotopic (exact) mass is 274 g/mol. The molecule has 0 fully saturated rings. The molecule has 2 rings (SSSR count). The number of aromatic nitrogens is 3. The molecule has 1 amide bonds. The van der Waals surface area contributed by atoms with Crippen LogP contribution in [0.15, 0.2) is 30.3 Å². The quantitative estimate of drug-likeness (QED) is 0.723. The highest BCUT2D eigenvalue weighted by Crippen LogP contribution is 2.03. The molecule has 6 nitrogen and oxygen atoms in total. The largest absolute Gasteiger partial charge is 0.394 e. The van der Waals surface area contributed by atoms with Crippen LogP contribution >= 0.6 is 0 Å². The van der Waals surface area contributed by atoms with Crippen molar-refractivity contribution in [1.82, 2.24) is 20.5 Å². The molecule has 0 aliphatic heterocycles. The third kappa shape index (κ3) is 3.64. The number of aliphatic hydroxyl groups is 1. The molecule has 0 spiro atoms. The van der Waals surface area contributed by atoms with Gasteiger partial charge in [0.1, 0.15) is 5.82 Å². The first-order chi connectivity index (χ1) is 9.72. The molecule has 1 atom stereocenters. The fraction of sp³-hybridized carbons (Fsp3) is 0.357. The smallest absolute Gasteiger partial charge is 0.291 e. The Morgan fingerprint density at radius 1 is 1.40 bits per heavy atom. The van der Waals surface area contributed by atoms with Crippen LogP contribution in [0.5, 0.6) is 0 Å². The molecular formula is C14H18N4O2. The molecule has 0 aliphatic carbocycles. The summed E-state index contributed by atoms with van der Waals surface area (Å²) in [4.78, 5) is 16.0. The van der Waals surface area contributed by atoms with E-state index in [1.807, 2.05) is 37.3 Å². The topological polar surface area (TPSA) is 90.9 Å². The van der Waals surface area contributed by atoms with Crippen LogP contribution in [0.1, 0.15) is 28.9 Å². The summed E-state index contributed by atoms with van der Waals surface area (Å²) in [6.45, 7) is 1.79. The van der Waals surface area contributed by atoms with Gasteiger partial charge in [-0.1, -0.05) is 37.3 Å². The summed E-state index contributed by atoms with van der Waals surface area (Å²) in [6, 6.07) is 9.33. The minimum Gasteiger partial charge on any atom is -0.394 e. The van der Waals surface area contributed by atoms with Gasteiger partial charge in [0.25, 0.3) is 5.91 Å². The van der Waals surface area contributed by atoms with E-state index in [9.17, 15) is 9.90 Å². The van der Waals surface area contributed by atoms with E-state index in [4.69, 9.17) is 0 Å². The molecule has 20 heavy (non-hydrogen) atoms. The molecule has 0 aliphatic rings. The normalized spacial score (nSPS) is 12.1. The lowest BCUT2D eigenvalue weighted by Crippen LogP contribution is -2.39. The maximum Gasteiger partial charge on any atom is 0.291 e. The van der Waals surface area contributed by atoms with E-state index in [1.165, 1.54) is 0 Å². The molecule has 1 aromatic heterocycles. The Morgan fingerprint density at radius 3 is 2.75 bits per heavy atom. The van der Waals surface area contributed by atoms with Gasteiger partial charge in [-0.15, -0.1) is 5.10 Å². The van der Waals surface area contributed by atoms with Gasteiger partial charge in [-0.25, -0.2) is 4.98 Å². The molecule has 0 unspecified atom stereocenters. The minimum atomic E-state index is -0.379. The van der Waals surface area contributed by atoms with Crippen LogP contribution in [0.3, 0.4) is 0 Å². The fourth-order valence-electron chi connectivity index (χ4n) is 1.86. The third-order valence-electron chi connectivity index (χ3n) is 2.95. The minimum absolute atomic E-state index is 0.105. The summed E-state index contributed by atoms with van der Waals surface area (Å²) in [6.07, 6.45) is 1.25. The average molecular weight is 274 g/mol. The number of benzene rings is 1. The number of hydrogen-bond acceptors (Lipinski definition) is 4. The first-order valence-electron chi connectivity index (χ1n) is 6.59. The van der Waals surface area contributed by atoms with Crippen molar-refractivity contribution in [3.8, 4) is 0 Å². The molecular weight excluding hydrogens is 256 g/mol. The number of hydrogen-bond donors (Lipinski definition) is 3. The Hall–Kier alpha value is -2.21. The molecule has 0 radical (unpaired) electrons. The predicted molar refractivity (Wildman–Crippen MR) is 74.2 cm³/mol. The number of carbonyl (C=O) groups excluding carboxylic acids is 1. The van der Waals surface area contributed by atoms with Crippen LogP contribution in [0.25, 0.3) is 0 Å². The number of aliphatic hydroxyl groups excluding tert-OH is 1. The highest BCUT2D eigenvalue weighted by molar-refractivity contribution is 5.90. The Labute approximate surface area is 117 Å². The van der Waals surface area contributed by atoms with E-state index >= 15 is 0 Å². The Bertz CT molecular complexity index is 553. The third-order valence-corrected chi connectivity index (χ3v) is 2.95. The Morgan fingerprint density at radius 2 is 2.15 bits per heavy atom. The second-order valence-electron chi connectivity index (χ2n) is 4.50. The molecule has 2 aromatic rings. The molecule has 1 heterocycles. The average Bonchev–Trinajstić information content (AvgIpc) is 2.96. The maximum absolute atomic E-state index is 12.0. The van der Waals surface area contributed by atoms with E-state index in [0.717, 1.165) is 5.56 Å². The molecule has 6 heteroatoms. The van der Waals surface area contributed by atoms with E-state index in [1.54, 1.807) is 0 Å². The number of H-pyrrole nitrogens is 1. The first-order valence-corrected chi connectivity index (χ1v) is 6.59. The summed E-state index contributed by atoms with van der Waals surface area (Å²) >= 11 is 0. The number of rotatable bonds is 6. The van der Waals surface area contributed by atoms with Crippen molar-refractivity contribution in [3.63, 3.8) is 0 Å². The Kier molecular flexibility index (Phi) is 4.84. The van der Waals surface area contributed by atoms with Crippen LogP contribution < -0.4 is 5.32 Å². The molecule has 0 saturated heterocycles. The van der Waals surface area contributed by atoms with Gasteiger partial charge in [-0.2, -0.15) is 0 Å². The van der Waals surface area contributed by atoms with Gasteiger partial charge in [0.2, 0.25) is 5.82 Å². The van der Waals surface area contributed by atoms with Crippen LogP contribution in [0.4, 0.5) is 0 Å². The second-order valence-corrected chi connectivity index (χ2v) is 4.50. The van der Waals surface area contributed by atoms with Crippen molar-refractivity contribution in [2.75, 3.05) is 6.61 Å². The predicted octanol–water partition coefficient (Wildman–Crippen LogP) is 0.700. The SMILES string of the molecule is CCc1nc(C(=O)N[C@H](CO)Cc2ccccc2)n[nH]1. The number of nitrogens with zero attached hydrogens (tertiary/aromatic N) is 2. The number of aromatic amines is 1. The number of aryl methyl sites for hydroxylation is 1. The van der Waals surface area contributed by atoms with Gasteiger partial charge in [0, 0.05) is 6.42 Å². The van der Waals surface area contributed by atoms with Gasteiger partial charge in [0.15, 0.2) is 0 Å². The van der Waals surface area contributed by atoms with Crippen LogP contribution in [-0.4, -0.2) is 38.8 Å². The van der Waals surface area contributed by atoms with Gasteiger partial charge in [-0.3, -0.25) is 9.89 Å². The molecule has 1 aromatic carbocycles. The highest BCUT2D eigenvalue weighted by atomic mass is 16.3. The molecule has 0 bridgehead atoms. The van der Waals surface area contributed by atoms with E-state index in [0.29, 0.717) is 18.7 Å². The first kappa shape index (κ1) is 14.2. The fourth-order valence-corrected chi connectivity index (χ4v) is 1.86. The summed E-state index contributed by atoms with van der Waals surface area (Å²) in [5.74, 6) is 0.392. The van der Waals surface area contributed by atoms with Crippen molar-refractivity contribution >= 4 is 5.91 Å². The van der Waals surface area contributed by atoms with E-state index < -0.39 is 0 Å². The van der Waals surface area contributed by atoms with Crippen molar-refractivity contribution in [3.05, 3.63) is 47.5 Å². The standard InChI is InChI=1S/C14H18N4O2/c1-2-12-16-13(18-17-12)14(20)15-11(9-19)8-10-6-4-3-5-7-10/h3-7,11,19H,2,8-9H2,1H3,(H,15,20)(H,16,17,18)/t11-/m0/s1. The van der Waals surface area contributed by atoms with Gasteiger partial charge in [-0.05, 0) is 12.0 Å². The maximum atomic E-state index is 12.0. The van der Waals surface area contributed by atoms with E-state index in [-0.39, 0.29) is 24.4 Å². The van der Waals surface area contributed by atoms with Gasteiger partial charge >= 0.3 is 0 Å². The molecule has 3 N–H and O–H groups in total. The number of nitrogens with one attached hydrogen (secondary N) is 2.